The van der Waals surface area contributed by atoms with Crippen LogP contribution in [-0.2, 0) is 4.79 Å². The topological polar surface area (TPSA) is 40.5 Å². The molecule has 0 saturated heterocycles. The Bertz CT molecular complexity index is 224. The highest BCUT2D eigenvalue weighted by atomic mass is 16.4. The molecule has 0 aliphatic carbocycles. The first kappa shape index (κ1) is 14.2. The number of aliphatic carboxylic acids is 1. The lowest BCUT2D eigenvalue weighted by Crippen LogP contribution is -2.30. The molecule has 0 saturated carbocycles. The monoisotopic (exact) mass is 213 g/mol. The predicted molar refractivity (Wildman–Crippen MR) is 63.0 cm³/mol. The van der Waals surface area contributed by atoms with E-state index in [0.717, 1.165) is 31.6 Å². The Morgan fingerprint density at radius 2 is 2.07 bits per heavy atom. The van der Waals surface area contributed by atoms with Crippen molar-refractivity contribution in [2.75, 3.05) is 19.6 Å². The molecule has 0 rings (SSSR count). The summed E-state index contributed by atoms with van der Waals surface area (Å²) in [5, 5.41) is 8.60. The Balaban J connectivity index is 4.15. The predicted octanol–water partition coefficient (Wildman–Crippen LogP) is 2.39. The van der Waals surface area contributed by atoms with Gasteiger partial charge in [-0.3, -0.25) is 4.90 Å². The Morgan fingerprint density at radius 3 is 2.47 bits per heavy atom. The average molecular weight is 213 g/mol. The molecule has 0 spiro atoms. The number of likely N-dealkylation sites (N-methyl/N-ethyl adjacent to an activating group) is 1. The number of nitrogens with zero attached hydrogens (tertiary/aromatic N) is 1. The molecule has 88 valence electrons. The fraction of sp³-hybridized carbons (Fsp3) is 0.750. The Labute approximate surface area is 92.8 Å². The van der Waals surface area contributed by atoms with E-state index in [2.05, 4.69) is 25.7 Å². The van der Waals surface area contributed by atoms with Crippen LogP contribution < -0.4 is 0 Å². The molecule has 0 aliphatic rings. The number of rotatable bonds is 7. The third-order valence-corrected chi connectivity index (χ3v) is 2.56. The van der Waals surface area contributed by atoms with Gasteiger partial charge in [0.05, 0.1) is 0 Å². The van der Waals surface area contributed by atoms with Crippen molar-refractivity contribution in [3.63, 3.8) is 0 Å². The van der Waals surface area contributed by atoms with Gasteiger partial charge in [-0.25, -0.2) is 4.79 Å². The number of hydrogen-bond donors (Lipinski definition) is 1. The van der Waals surface area contributed by atoms with Crippen molar-refractivity contribution in [2.45, 2.75) is 34.1 Å². The molecule has 15 heavy (non-hydrogen) atoms. The fourth-order valence-corrected chi connectivity index (χ4v) is 1.48. The van der Waals surface area contributed by atoms with Crippen LogP contribution in [0.15, 0.2) is 11.6 Å². The summed E-state index contributed by atoms with van der Waals surface area (Å²) in [5.74, 6) is -0.185. The van der Waals surface area contributed by atoms with Gasteiger partial charge in [-0.05, 0) is 19.4 Å². The molecule has 0 aromatic rings. The molecule has 0 amide bonds. The second-order valence-corrected chi connectivity index (χ2v) is 4.17. The second-order valence-electron chi connectivity index (χ2n) is 4.17. The van der Waals surface area contributed by atoms with Crippen molar-refractivity contribution in [3.8, 4) is 0 Å². The lowest BCUT2D eigenvalue weighted by molar-refractivity contribution is -0.131. The maximum Gasteiger partial charge on any atom is 0.328 e. The van der Waals surface area contributed by atoms with Gasteiger partial charge in [-0.2, -0.15) is 0 Å². The molecule has 0 aromatic heterocycles. The van der Waals surface area contributed by atoms with Crippen LogP contribution in [0.25, 0.3) is 0 Å². The van der Waals surface area contributed by atoms with Gasteiger partial charge in [0.1, 0.15) is 0 Å². The van der Waals surface area contributed by atoms with Gasteiger partial charge in [0.2, 0.25) is 0 Å². The van der Waals surface area contributed by atoms with Crippen molar-refractivity contribution in [3.05, 3.63) is 11.6 Å². The van der Waals surface area contributed by atoms with Crippen LogP contribution in [-0.4, -0.2) is 35.6 Å². The third-order valence-electron chi connectivity index (χ3n) is 2.56. The lowest BCUT2D eigenvalue weighted by atomic mass is 10.1. The van der Waals surface area contributed by atoms with E-state index in [1.165, 1.54) is 6.08 Å². The van der Waals surface area contributed by atoms with Gasteiger partial charge < -0.3 is 5.11 Å². The molecule has 0 fully saturated rings. The number of carboxylic acids is 1. The molecular weight excluding hydrogens is 190 g/mol. The van der Waals surface area contributed by atoms with Gasteiger partial charge in [0, 0.05) is 19.2 Å². The first-order valence-electron chi connectivity index (χ1n) is 5.62. The molecule has 0 heterocycles. The SMILES string of the molecule is CCC(C)CN(CC)CC(C)=CC(=O)O. The maximum atomic E-state index is 10.5. The molecule has 3 nitrogen and oxygen atoms in total. The van der Waals surface area contributed by atoms with Crippen molar-refractivity contribution in [1.82, 2.24) is 4.90 Å². The summed E-state index contributed by atoms with van der Waals surface area (Å²) >= 11 is 0. The summed E-state index contributed by atoms with van der Waals surface area (Å²) < 4.78 is 0. The van der Waals surface area contributed by atoms with E-state index in [0.29, 0.717) is 5.92 Å². The molecule has 1 N–H and O–H groups in total. The van der Waals surface area contributed by atoms with Crippen LogP contribution in [0.4, 0.5) is 0 Å². The van der Waals surface area contributed by atoms with E-state index in [1.807, 2.05) is 6.92 Å². The minimum absolute atomic E-state index is 0.669. The largest absolute Gasteiger partial charge is 0.478 e. The first-order valence-corrected chi connectivity index (χ1v) is 5.62. The molecule has 1 atom stereocenters. The highest BCUT2D eigenvalue weighted by Gasteiger charge is 2.07. The fourth-order valence-electron chi connectivity index (χ4n) is 1.48. The quantitative estimate of drug-likeness (QED) is 0.660. The number of carbonyl (C=O) groups is 1. The highest BCUT2D eigenvalue weighted by molar-refractivity contribution is 5.80. The highest BCUT2D eigenvalue weighted by Crippen LogP contribution is 2.06. The lowest BCUT2D eigenvalue weighted by Gasteiger charge is -2.23. The van der Waals surface area contributed by atoms with Crippen LogP contribution in [0.5, 0.6) is 0 Å². The van der Waals surface area contributed by atoms with E-state index in [4.69, 9.17) is 5.11 Å². The van der Waals surface area contributed by atoms with Crippen LogP contribution in [0.2, 0.25) is 0 Å². The Morgan fingerprint density at radius 1 is 1.47 bits per heavy atom. The van der Waals surface area contributed by atoms with E-state index in [1.54, 1.807) is 0 Å². The van der Waals surface area contributed by atoms with Crippen molar-refractivity contribution in [2.24, 2.45) is 5.92 Å². The first-order chi connectivity index (χ1) is 6.99. The second kappa shape index (κ2) is 7.46. The van der Waals surface area contributed by atoms with E-state index >= 15 is 0 Å². The third kappa shape index (κ3) is 7.14. The van der Waals surface area contributed by atoms with Gasteiger partial charge in [-0.1, -0.05) is 32.8 Å². The molecule has 1 unspecified atom stereocenters. The van der Waals surface area contributed by atoms with Gasteiger partial charge >= 0.3 is 5.97 Å². The molecular formula is C12H23NO2. The zero-order valence-corrected chi connectivity index (χ0v) is 10.3. The van der Waals surface area contributed by atoms with Crippen LogP contribution in [0.1, 0.15) is 34.1 Å². The smallest absolute Gasteiger partial charge is 0.328 e. The summed E-state index contributed by atoms with van der Waals surface area (Å²) in [5.41, 5.74) is 0.910. The van der Waals surface area contributed by atoms with Crippen LogP contribution >= 0.6 is 0 Å². The number of hydrogen-bond acceptors (Lipinski definition) is 2. The van der Waals surface area contributed by atoms with Crippen molar-refractivity contribution >= 4 is 5.97 Å². The molecule has 0 aliphatic heterocycles. The molecule has 3 heteroatoms. The summed E-state index contributed by atoms with van der Waals surface area (Å²) in [6.45, 7) is 11.1. The zero-order valence-electron chi connectivity index (χ0n) is 10.3. The average Bonchev–Trinajstić information content (AvgIpc) is 2.15. The normalized spacial score (nSPS) is 14.3. The van der Waals surface area contributed by atoms with Gasteiger partial charge in [0.25, 0.3) is 0 Å². The van der Waals surface area contributed by atoms with Gasteiger partial charge in [0.15, 0.2) is 0 Å². The summed E-state index contributed by atoms with van der Waals surface area (Å²) in [6, 6.07) is 0. The Kier molecular flexibility index (Phi) is 7.05. The van der Waals surface area contributed by atoms with Gasteiger partial charge in [-0.15, -0.1) is 0 Å². The zero-order chi connectivity index (χ0) is 11.8. The summed E-state index contributed by atoms with van der Waals surface area (Å²) in [7, 11) is 0. The van der Waals surface area contributed by atoms with Crippen molar-refractivity contribution in [1.29, 1.82) is 0 Å². The standard InChI is InChI=1S/C12H23NO2/c1-5-10(3)8-13(6-2)9-11(4)7-12(14)15/h7,10H,5-6,8-9H2,1-4H3,(H,14,15). The van der Waals surface area contributed by atoms with Crippen LogP contribution in [0, 0.1) is 5.92 Å². The summed E-state index contributed by atoms with van der Waals surface area (Å²) in [4.78, 5) is 12.7. The maximum absolute atomic E-state index is 10.5. The molecule has 0 aromatic carbocycles. The number of carboxylic acid groups (broad SMARTS) is 1. The Hall–Kier alpha value is -0.830. The van der Waals surface area contributed by atoms with E-state index < -0.39 is 5.97 Å². The van der Waals surface area contributed by atoms with Crippen LogP contribution in [0.3, 0.4) is 0 Å². The summed E-state index contributed by atoms with van der Waals surface area (Å²) in [6.07, 6.45) is 2.46. The molecule has 0 bridgehead atoms. The van der Waals surface area contributed by atoms with Crippen molar-refractivity contribution < 1.29 is 9.90 Å². The minimum atomic E-state index is -0.855. The van der Waals surface area contributed by atoms with E-state index in [-0.39, 0.29) is 0 Å². The minimum Gasteiger partial charge on any atom is -0.478 e. The van der Waals surface area contributed by atoms with E-state index in [9.17, 15) is 4.79 Å². The molecule has 0 radical (unpaired) electrons.